The first kappa shape index (κ1) is 15.0. The van der Waals surface area contributed by atoms with Gasteiger partial charge < -0.3 is 0 Å². The van der Waals surface area contributed by atoms with Crippen LogP contribution in [0.4, 0.5) is 5.69 Å². The Hall–Kier alpha value is -2.59. The fraction of sp³-hybridized carbons (Fsp3) is 0.100. The minimum absolute atomic E-state index is 0.0863. The van der Waals surface area contributed by atoms with Gasteiger partial charge in [0.1, 0.15) is 5.92 Å². The third kappa shape index (κ3) is 2.59. The van der Waals surface area contributed by atoms with Gasteiger partial charge >= 0.3 is 0 Å². The zero-order valence-electron chi connectivity index (χ0n) is 12.9. The van der Waals surface area contributed by atoms with Crippen LogP contribution in [0.25, 0.3) is 10.8 Å². The molecule has 0 N–H and O–H groups in total. The summed E-state index contributed by atoms with van der Waals surface area (Å²) in [5, 5.41) is 1.95. The van der Waals surface area contributed by atoms with E-state index in [-0.39, 0.29) is 11.0 Å². The van der Waals surface area contributed by atoms with E-state index in [1.165, 1.54) is 0 Å². The normalized spacial score (nSPS) is 17.7. The molecule has 3 nitrogen and oxygen atoms in total. The lowest BCUT2D eigenvalue weighted by molar-refractivity contribution is -0.125. The molecule has 1 aliphatic rings. The van der Waals surface area contributed by atoms with Crippen molar-refractivity contribution in [2.24, 2.45) is 5.92 Å². The lowest BCUT2D eigenvalue weighted by atomic mass is 9.99. The molecule has 0 aromatic heterocycles. The molecule has 1 saturated heterocycles. The highest BCUT2D eigenvalue weighted by molar-refractivity contribution is 8.16. The zero-order chi connectivity index (χ0) is 16.5. The predicted octanol–water partition coefficient (Wildman–Crippen LogP) is 4.22. The predicted molar refractivity (Wildman–Crippen MR) is 97.7 cm³/mol. The lowest BCUT2D eigenvalue weighted by Gasteiger charge is -2.16. The molecule has 1 heterocycles. The maximum atomic E-state index is 12.8. The first-order chi connectivity index (χ1) is 11.7. The molecule has 4 heteroatoms. The molecule has 3 aromatic carbocycles. The number of benzene rings is 3. The Balaban J connectivity index is 1.68. The van der Waals surface area contributed by atoms with Gasteiger partial charge in [-0.25, -0.2) is 4.31 Å². The van der Waals surface area contributed by atoms with E-state index in [1.807, 2.05) is 72.8 Å². The molecule has 4 rings (SSSR count). The summed E-state index contributed by atoms with van der Waals surface area (Å²) in [5.74, 6) is -0.749. The number of nitrogens with zero attached hydrogens (tertiary/aromatic N) is 1. The van der Waals surface area contributed by atoms with Gasteiger partial charge in [0.15, 0.2) is 0 Å². The van der Waals surface area contributed by atoms with E-state index in [1.54, 1.807) is 4.31 Å². The highest BCUT2D eigenvalue weighted by atomic mass is 32.2. The third-order valence-corrected chi connectivity index (χ3v) is 5.26. The van der Waals surface area contributed by atoms with Crippen molar-refractivity contribution in [2.45, 2.75) is 6.42 Å². The van der Waals surface area contributed by atoms with E-state index in [0.717, 1.165) is 34.0 Å². The molecule has 0 saturated carbocycles. The van der Waals surface area contributed by atoms with Gasteiger partial charge in [-0.3, -0.25) is 9.59 Å². The van der Waals surface area contributed by atoms with Crippen molar-refractivity contribution in [3.63, 3.8) is 0 Å². The minimum atomic E-state index is -0.614. The molecule has 118 valence electrons. The summed E-state index contributed by atoms with van der Waals surface area (Å²) < 4.78 is 1.55. The number of rotatable bonds is 3. The monoisotopic (exact) mass is 333 g/mol. The van der Waals surface area contributed by atoms with E-state index in [0.29, 0.717) is 6.42 Å². The van der Waals surface area contributed by atoms with Crippen molar-refractivity contribution in [1.82, 2.24) is 0 Å². The highest BCUT2D eigenvalue weighted by Crippen LogP contribution is 2.39. The Kier molecular flexibility index (Phi) is 3.82. The average Bonchev–Trinajstić information content (AvgIpc) is 2.90. The third-order valence-electron chi connectivity index (χ3n) is 4.23. The highest BCUT2D eigenvalue weighted by Gasteiger charge is 2.41. The summed E-state index contributed by atoms with van der Waals surface area (Å²) in [7, 11) is 0. The fourth-order valence-electron chi connectivity index (χ4n) is 3.01. The standard InChI is InChI=1S/C20H15NO2S/c22-19-17(13-14-7-2-1-3-8-14)20(23)24-21(19)18-12-6-10-15-9-4-5-11-16(15)18/h1-12,17H,13H2. The van der Waals surface area contributed by atoms with E-state index >= 15 is 0 Å². The summed E-state index contributed by atoms with van der Waals surface area (Å²) in [5.41, 5.74) is 1.79. The number of hydrogen-bond donors (Lipinski definition) is 0. The summed E-state index contributed by atoms with van der Waals surface area (Å²) in [6, 6.07) is 23.4. The SMILES string of the molecule is O=C1SN(c2cccc3ccccc23)C(=O)C1Cc1ccccc1. The Morgan fingerprint density at radius 3 is 2.38 bits per heavy atom. The van der Waals surface area contributed by atoms with Crippen LogP contribution in [0.1, 0.15) is 5.56 Å². The van der Waals surface area contributed by atoms with Crippen LogP contribution in [-0.4, -0.2) is 11.0 Å². The number of carbonyl (C=O) groups is 2. The van der Waals surface area contributed by atoms with E-state index in [2.05, 4.69) is 0 Å². The Labute approximate surface area is 144 Å². The molecule has 1 atom stereocenters. The van der Waals surface area contributed by atoms with Crippen molar-refractivity contribution >= 4 is 39.4 Å². The van der Waals surface area contributed by atoms with Crippen molar-refractivity contribution in [3.8, 4) is 0 Å². The van der Waals surface area contributed by atoms with Crippen LogP contribution >= 0.6 is 11.9 Å². The first-order valence-electron chi connectivity index (χ1n) is 7.81. The molecule has 0 bridgehead atoms. The Bertz CT molecular complexity index is 918. The minimum Gasteiger partial charge on any atom is -0.284 e. The smallest absolute Gasteiger partial charge is 0.249 e. The van der Waals surface area contributed by atoms with Crippen molar-refractivity contribution in [2.75, 3.05) is 4.31 Å². The second-order valence-corrected chi connectivity index (χ2v) is 6.73. The average molecular weight is 333 g/mol. The van der Waals surface area contributed by atoms with Crippen LogP contribution in [0.3, 0.4) is 0 Å². The maximum absolute atomic E-state index is 12.8. The molecular weight excluding hydrogens is 318 g/mol. The molecule has 1 fully saturated rings. The largest absolute Gasteiger partial charge is 0.284 e. The van der Waals surface area contributed by atoms with Gasteiger partial charge in [-0.15, -0.1) is 0 Å². The molecular formula is C20H15NO2S. The molecule has 1 unspecified atom stereocenters. The quantitative estimate of drug-likeness (QED) is 0.532. The van der Waals surface area contributed by atoms with Crippen molar-refractivity contribution in [1.29, 1.82) is 0 Å². The summed E-state index contributed by atoms with van der Waals surface area (Å²) in [4.78, 5) is 25.3. The van der Waals surface area contributed by atoms with Crippen molar-refractivity contribution in [3.05, 3.63) is 78.4 Å². The second-order valence-electron chi connectivity index (χ2n) is 5.78. The van der Waals surface area contributed by atoms with Gasteiger partial charge in [0.25, 0.3) is 0 Å². The van der Waals surface area contributed by atoms with Gasteiger partial charge in [0.05, 0.1) is 5.69 Å². The summed E-state index contributed by atoms with van der Waals surface area (Å²) >= 11 is 1.01. The van der Waals surface area contributed by atoms with E-state index < -0.39 is 5.92 Å². The molecule has 1 aliphatic heterocycles. The lowest BCUT2D eigenvalue weighted by Crippen LogP contribution is -2.25. The van der Waals surface area contributed by atoms with Crippen LogP contribution in [0.2, 0.25) is 0 Å². The van der Waals surface area contributed by atoms with Crippen molar-refractivity contribution < 1.29 is 9.59 Å². The van der Waals surface area contributed by atoms with E-state index in [4.69, 9.17) is 0 Å². The second kappa shape index (κ2) is 6.13. The van der Waals surface area contributed by atoms with Gasteiger partial charge in [-0.1, -0.05) is 66.7 Å². The van der Waals surface area contributed by atoms with Gasteiger partial charge in [-0.2, -0.15) is 0 Å². The fourth-order valence-corrected chi connectivity index (χ4v) is 3.98. The van der Waals surface area contributed by atoms with Gasteiger partial charge in [-0.05, 0) is 23.4 Å². The molecule has 3 aromatic rings. The van der Waals surface area contributed by atoms with Crippen LogP contribution in [-0.2, 0) is 16.0 Å². The van der Waals surface area contributed by atoms with Crippen LogP contribution in [0.15, 0.2) is 72.8 Å². The van der Waals surface area contributed by atoms with Crippen LogP contribution in [0.5, 0.6) is 0 Å². The number of hydrogen-bond acceptors (Lipinski definition) is 3. The Morgan fingerprint density at radius 1 is 0.833 bits per heavy atom. The molecule has 1 amide bonds. The van der Waals surface area contributed by atoms with Crippen LogP contribution in [0, 0.1) is 5.92 Å². The Morgan fingerprint density at radius 2 is 1.54 bits per heavy atom. The maximum Gasteiger partial charge on any atom is 0.249 e. The molecule has 0 radical (unpaired) electrons. The summed E-state index contributed by atoms with van der Waals surface area (Å²) in [6.45, 7) is 0. The molecule has 0 spiro atoms. The summed E-state index contributed by atoms with van der Waals surface area (Å²) in [6.07, 6.45) is 0.451. The number of fused-ring (bicyclic) bond motifs is 1. The van der Waals surface area contributed by atoms with E-state index in [9.17, 15) is 9.59 Å². The van der Waals surface area contributed by atoms with Gasteiger partial charge in [0, 0.05) is 17.3 Å². The number of amides is 1. The van der Waals surface area contributed by atoms with Gasteiger partial charge in [0.2, 0.25) is 11.0 Å². The molecule has 0 aliphatic carbocycles. The first-order valence-corrected chi connectivity index (χ1v) is 8.59. The zero-order valence-corrected chi connectivity index (χ0v) is 13.7. The topological polar surface area (TPSA) is 37.4 Å². The number of anilines is 1. The van der Waals surface area contributed by atoms with Crippen LogP contribution < -0.4 is 4.31 Å². The number of carbonyl (C=O) groups excluding carboxylic acids is 2. The molecule has 24 heavy (non-hydrogen) atoms.